The van der Waals surface area contributed by atoms with E-state index in [1.807, 2.05) is 37.4 Å². The number of nitrogens with one attached hydrogen (secondary N) is 3. The van der Waals surface area contributed by atoms with E-state index in [9.17, 15) is 4.79 Å². The Hall–Kier alpha value is -2.30. The lowest BCUT2D eigenvalue weighted by atomic mass is 9.94. The number of hydrogen-bond acceptors (Lipinski definition) is 3. The lowest BCUT2D eigenvalue weighted by Crippen LogP contribution is -2.28. The minimum atomic E-state index is -0.628. The van der Waals surface area contributed by atoms with Gasteiger partial charge in [0.25, 0.3) is 11.9 Å². The number of aromatic amines is 1. The predicted molar refractivity (Wildman–Crippen MR) is 67.5 cm³/mol. The zero-order valence-corrected chi connectivity index (χ0v) is 9.86. The number of aromatic nitrogens is 1. The smallest absolute Gasteiger partial charge is 0.289 e. The standard InChI is InChI=1S/C13H13N3O2/c1-7(11-12(17)16-13(14)18-11)9-6-15-10-5-3-2-4-8(9)10/h2-7,11,15H,1H3,(H2,14,16,17)/t7?,11-/m0/s1. The molecule has 1 aliphatic rings. The molecule has 2 aromatic rings. The number of H-pyrrole nitrogens is 1. The molecular weight excluding hydrogens is 230 g/mol. The van der Waals surface area contributed by atoms with Crippen LogP contribution in [0.1, 0.15) is 18.4 Å². The predicted octanol–water partition coefficient (Wildman–Crippen LogP) is 1.72. The zero-order valence-electron chi connectivity index (χ0n) is 9.86. The Morgan fingerprint density at radius 1 is 1.39 bits per heavy atom. The van der Waals surface area contributed by atoms with Crippen LogP contribution in [0.15, 0.2) is 30.5 Å². The fourth-order valence-electron chi connectivity index (χ4n) is 2.36. The molecule has 1 amide bonds. The number of hydrogen-bond donors (Lipinski definition) is 3. The van der Waals surface area contributed by atoms with E-state index in [1.54, 1.807) is 0 Å². The first-order valence-electron chi connectivity index (χ1n) is 5.79. The molecule has 1 aliphatic heterocycles. The monoisotopic (exact) mass is 243 g/mol. The van der Waals surface area contributed by atoms with Crippen LogP contribution in [0.5, 0.6) is 0 Å². The van der Waals surface area contributed by atoms with Gasteiger partial charge in [0.2, 0.25) is 0 Å². The van der Waals surface area contributed by atoms with Crippen molar-refractivity contribution in [2.24, 2.45) is 0 Å². The van der Waals surface area contributed by atoms with Gasteiger partial charge in [0.05, 0.1) is 0 Å². The van der Waals surface area contributed by atoms with Gasteiger partial charge in [-0.1, -0.05) is 25.1 Å². The van der Waals surface area contributed by atoms with E-state index >= 15 is 0 Å². The van der Waals surface area contributed by atoms with E-state index in [2.05, 4.69) is 10.3 Å². The molecule has 1 saturated heterocycles. The van der Waals surface area contributed by atoms with Gasteiger partial charge in [0, 0.05) is 23.0 Å². The number of ether oxygens (including phenoxy) is 1. The normalized spacial score (nSPS) is 20.8. The van der Waals surface area contributed by atoms with Crippen molar-refractivity contribution in [3.63, 3.8) is 0 Å². The molecule has 3 N–H and O–H groups in total. The summed E-state index contributed by atoms with van der Waals surface area (Å²) in [5.41, 5.74) is 2.06. The van der Waals surface area contributed by atoms with E-state index in [4.69, 9.17) is 10.1 Å². The van der Waals surface area contributed by atoms with Gasteiger partial charge in [-0.2, -0.15) is 0 Å². The molecule has 0 aliphatic carbocycles. The van der Waals surface area contributed by atoms with E-state index < -0.39 is 6.10 Å². The topological polar surface area (TPSA) is 78.0 Å². The summed E-state index contributed by atoms with van der Waals surface area (Å²) in [6.45, 7) is 1.93. The van der Waals surface area contributed by atoms with Crippen molar-refractivity contribution in [3.8, 4) is 0 Å². The summed E-state index contributed by atoms with van der Waals surface area (Å²) in [5, 5.41) is 10.8. The van der Waals surface area contributed by atoms with Crippen molar-refractivity contribution in [3.05, 3.63) is 36.0 Å². The number of benzene rings is 1. The summed E-state index contributed by atoms with van der Waals surface area (Å²) in [7, 11) is 0. The quantitative estimate of drug-likeness (QED) is 0.751. The van der Waals surface area contributed by atoms with Crippen LogP contribution >= 0.6 is 0 Å². The summed E-state index contributed by atoms with van der Waals surface area (Å²) in [4.78, 5) is 14.8. The highest BCUT2D eigenvalue weighted by Gasteiger charge is 2.36. The number of carbonyl (C=O) groups excluding carboxylic acids is 1. The zero-order chi connectivity index (χ0) is 12.7. The van der Waals surface area contributed by atoms with Crippen LogP contribution in [0.2, 0.25) is 0 Å². The maximum atomic E-state index is 11.7. The second-order valence-electron chi connectivity index (χ2n) is 4.44. The second kappa shape index (κ2) is 3.87. The lowest BCUT2D eigenvalue weighted by molar-refractivity contribution is -0.124. The number of para-hydroxylation sites is 1. The minimum Gasteiger partial charge on any atom is -0.451 e. The summed E-state index contributed by atoms with van der Waals surface area (Å²) in [6.07, 6.45) is 1.27. The fourth-order valence-corrected chi connectivity index (χ4v) is 2.36. The van der Waals surface area contributed by atoms with Gasteiger partial charge >= 0.3 is 0 Å². The molecular formula is C13H13N3O2. The van der Waals surface area contributed by atoms with Gasteiger partial charge in [0.15, 0.2) is 6.10 Å². The van der Waals surface area contributed by atoms with Crippen molar-refractivity contribution < 1.29 is 9.53 Å². The Labute approximate surface area is 104 Å². The Kier molecular flexibility index (Phi) is 2.33. The Bertz CT molecular complexity index is 632. The molecule has 3 rings (SSSR count). The molecule has 1 aromatic heterocycles. The number of carbonyl (C=O) groups is 1. The summed E-state index contributed by atoms with van der Waals surface area (Å²) < 4.78 is 5.22. The first-order chi connectivity index (χ1) is 8.66. The molecule has 2 heterocycles. The molecule has 2 atom stereocenters. The highest BCUT2D eigenvalue weighted by molar-refractivity contribution is 6.01. The van der Waals surface area contributed by atoms with E-state index in [0.29, 0.717) is 0 Å². The summed E-state index contributed by atoms with van der Waals surface area (Å²) in [5.74, 6) is -0.359. The van der Waals surface area contributed by atoms with Gasteiger partial charge in [-0.25, -0.2) is 0 Å². The van der Waals surface area contributed by atoms with Gasteiger partial charge in [0.1, 0.15) is 0 Å². The third kappa shape index (κ3) is 1.55. The maximum absolute atomic E-state index is 11.7. The van der Waals surface area contributed by atoms with Crippen LogP contribution in [-0.2, 0) is 9.53 Å². The number of fused-ring (bicyclic) bond motifs is 1. The molecule has 1 aromatic carbocycles. The number of amides is 1. The number of rotatable bonds is 2. The third-order valence-corrected chi connectivity index (χ3v) is 3.31. The Morgan fingerprint density at radius 3 is 2.89 bits per heavy atom. The van der Waals surface area contributed by atoms with Crippen LogP contribution in [0, 0.1) is 5.41 Å². The molecule has 1 fully saturated rings. The molecule has 18 heavy (non-hydrogen) atoms. The molecule has 92 valence electrons. The number of amidine groups is 1. The van der Waals surface area contributed by atoms with Crippen molar-refractivity contribution in [1.82, 2.24) is 10.3 Å². The molecule has 0 spiro atoms. The summed E-state index contributed by atoms with van der Waals surface area (Å²) in [6, 6.07) is 7.75. The molecule has 0 saturated carbocycles. The van der Waals surface area contributed by atoms with Crippen LogP contribution < -0.4 is 5.32 Å². The highest BCUT2D eigenvalue weighted by Crippen LogP contribution is 2.30. The van der Waals surface area contributed by atoms with E-state index in [0.717, 1.165) is 16.5 Å². The second-order valence-corrected chi connectivity index (χ2v) is 4.44. The molecule has 1 unspecified atom stereocenters. The van der Waals surface area contributed by atoms with Gasteiger partial charge < -0.3 is 9.72 Å². The third-order valence-electron chi connectivity index (χ3n) is 3.31. The van der Waals surface area contributed by atoms with Gasteiger partial charge in [-0.05, 0) is 11.6 Å². The van der Waals surface area contributed by atoms with Gasteiger partial charge in [-0.15, -0.1) is 0 Å². The average molecular weight is 243 g/mol. The highest BCUT2D eigenvalue weighted by atomic mass is 16.5. The fraction of sp³-hybridized carbons (Fsp3) is 0.231. The largest absolute Gasteiger partial charge is 0.451 e. The summed E-state index contributed by atoms with van der Waals surface area (Å²) >= 11 is 0. The first-order valence-corrected chi connectivity index (χ1v) is 5.79. The Morgan fingerprint density at radius 2 is 2.17 bits per heavy atom. The van der Waals surface area contributed by atoms with Crippen molar-refractivity contribution in [1.29, 1.82) is 5.41 Å². The van der Waals surface area contributed by atoms with Crippen LogP contribution in [0.4, 0.5) is 0 Å². The maximum Gasteiger partial charge on any atom is 0.289 e. The molecule has 5 heteroatoms. The van der Waals surface area contributed by atoms with Crippen molar-refractivity contribution in [2.75, 3.05) is 0 Å². The minimum absolute atomic E-state index is 0.107. The van der Waals surface area contributed by atoms with Crippen LogP contribution in [-0.4, -0.2) is 23.0 Å². The van der Waals surface area contributed by atoms with Crippen LogP contribution in [0.3, 0.4) is 0 Å². The van der Waals surface area contributed by atoms with E-state index in [1.165, 1.54) is 0 Å². The average Bonchev–Trinajstić information content (AvgIpc) is 2.92. The molecule has 0 radical (unpaired) electrons. The Balaban J connectivity index is 1.99. The molecule has 5 nitrogen and oxygen atoms in total. The lowest BCUT2D eigenvalue weighted by Gasteiger charge is -2.15. The van der Waals surface area contributed by atoms with Crippen molar-refractivity contribution >= 4 is 22.8 Å². The van der Waals surface area contributed by atoms with Crippen LogP contribution in [0.25, 0.3) is 10.9 Å². The SMILES string of the molecule is CC(c1c[nH]c2ccccc12)[C@@H]1OC(=N)NC1=O. The first kappa shape index (κ1) is 10.8. The van der Waals surface area contributed by atoms with Gasteiger partial charge in [-0.3, -0.25) is 15.5 Å². The molecule has 0 bridgehead atoms. The van der Waals surface area contributed by atoms with Crippen molar-refractivity contribution in [2.45, 2.75) is 18.9 Å². The van der Waals surface area contributed by atoms with E-state index in [-0.39, 0.29) is 17.8 Å².